The molecule has 1 aromatic carbocycles. The average molecular weight is 378 g/mol. The molecule has 2 N–H and O–H groups in total. The molecule has 8 nitrogen and oxygen atoms in total. The van der Waals surface area contributed by atoms with Gasteiger partial charge in [0.15, 0.2) is 11.4 Å². The number of rotatable bonds is 6. The second kappa shape index (κ2) is 7.77. The standard InChI is InChI=1S/C17H18ClN4O4/c1-11-13(9-23)7-19-22(17(11)25)10-21-8-15(20-26-21)6-16(24)12-2-4-14(18)5-3-12/h2-5,7-8,16,23-24H,6,9-10H2,1H3/q+1/t16-/m0/s1. The highest BCUT2D eigenvalue weighted by Crippen LogP contribution is 2.19. The second-order valence-corrected chi connectivity index (χ2v) is 6.32. The summed E-state index contributed by atoms with van der Waals surface area (Å²) in [4.78, 5) is 12.2. The first-order valence-electron chi connectivity index (χ1n) is 7.93. The van der Waals surface area contributed by atoms with Crippen LogP contribution in [0.4, 0.5) is 0 Å². The zero-order valence-electron chi connectivity index (χ0n) is 14.0. The van der Waals surface area contributed by atoms with E-state index >= 15 is 0 Å². The fourth-order valence-electron chi connectivity index (χ4n) is 2.49. The summed E-state index contributed by atoms with van der Waals surface area (Å²) in [6, 6.07) is 6.91. The molecule has 0 aliphatic rings. The Bertz CT molecular complexity index is 952. The van der Waals surface area contributed by atoms with E-state index in [1.165, 1.54) is 15.6 Å². The van der Waals surface area contributed by atoms with Crippen LogP contribution in [-0.4, -0.2) is 25.2 Å². The molecule has 3 rings (SSSR count). The first-order chi connectivity index (χ1) is 12.5. The van der Waals surface area contributed by atoms with Gasteiger partial charge in [-0.1, -0.05) is 28.4 Å². The molecule has 26 heavy (non-hydrogen) atoms. The van der Waals surface area contributed by atoms with Gasteiger partial charge < -0.3 is 10.2 Å². The van der Waals surface area contributed by atoms with Crippen LogP contribution in [0, 0.1) is 6.92 Å². The lowest BCUT2D eigenvalue weighted by molar-refractivity contribution is -0.876. The number of benzene rings is 1. The smallest absolute Gasteiger partial charge is 0.273 e. The van der Waals surface area contributed by atoms with Gasteiger partial charge in [-0.25, -0.2) is 0 Å². The maximum absolute atomic E-state index is 12.2. The molecule has 0 aliphatic carbocycles. The number of nitrogens with zero attached hydrogens (tertiary/aromatic N) is 4. The molecule has 136 valence electrons. The highest BCUT2D eigenvalue weighted by atomic mass is 35.5. The van der Waals surface area contributed by atoms with Crippen LogP contribution in [0.3, 0.4) is 0 Å². The van der Waals surface area contributed by atoms with E-state index in [2.05, 4.69) is 10.3 Å². The van der Waals surface area contributed by atoms with Crippen molar-refractivity contribution in [1.29, 1.82) is 0 Å². The summed E-state index contributed by atoms with van der Waals surface area (Å²) in [6.07, 6.45) is 2.54. The topological polar surface area (TPSA) is 105 Å². The zero-order valence-corrected chi connectivity index (χ0v) is 14.8. The third-order valence-corrected chi connectivity index (χ3v) is 4.30. The van der Waals surface area contributed by atoms with Gasteiger partial charge in [0.25, 0.3) is 5.56 Å². The van der Waals surface area contributed by atoms with Crippen LogP contribution in [0.2, 0.25) is 5.02 Å². The Labute approximate surface area is 153 Å². The third kappa shape index (κ3) is 3.98. The van der Waals surface area contributed by atoms with Crippen molar-refractivity contribution in [3.05, 3.63) is 74.4 Å². The third-order valence-electron chi connectivity index (χ3n) is 4.05. The van der Waals surface area contributed by atoms with Crippen molar-refractivity contribution >= 4 is 11.6 Å². The number of hydrogen-bond donors (Lipinski definition) is 2. The van der Waals surface area contributed by atoms with E-state index < -0.39 is 6.10 Å². The Morgan fingerprint density at radius 1 is 1.35 bits per heavy atom. The Morgan fingerprint density at radius 2 is 2.08 bits per heavy atom. The molecule has 0 unspecified atom stereocenters. The first kappa shape index (κ1) is 18.2. The highest BCUT2D eigenvalue weighted by molar-refractivity contribution is 6.30. The van der Waals surface area contributed by atoms with Gasteiger partial charge in [-0.15, -0.1) is 0 Å². The molecular formula is C17H18ClN4O4+. The monoisotopic (exact) mass is 377 g/mol. The molecule has 0 saturated heterocycles. The van der Waals surface area contributed by atoms with Crippen molar-refractivity contribution in [2.45, 2.75) is 32.7 Å². The van der Waals surface area contributed by atoms with Crippen molar-refractivity contribution in [3.8, 4) is 0 Å². The molecule has 0 amide bonds. The van der Waals surface area contributed by atoms with Gasteiger partial charge in [0, 0.05) is 16.1 Å². The van der Waals surface area contributed by atoms with E-state index in [0.717, 1.165) is 5.56 Å². The van der Waals surface area contributed by atoms with E-state index in [0.29, 0.717) is 21.8 Å². The van der Waals surface area contributed by atoms with Gasteiger partial charge in [-0.3, -0.25) is 4.79 Å². The fourth-order valence-corrected chi connectivity index (χ4v) is 2.61. The van der Waals surface area contributed by atoms with Crippen LogP contribution in [0.15, 0.2) is 46.1 Å². The van der Waals surface area contributed by atoms with Crippen molar-refractivity contribution in [2.24, 2.45) is 0 Å². The molecule has 0 bridgehead atoms. The Kier molecular flexibility index (Phi) is 5.46. The summed E-state index contributed by atoms with van der Waals surface area (Å²) < 4.78 is 7.71. The van der Waals surface area contributed by atoms with Crippen molar-refractivity contribution in [1.82, 2.24) is 14.9 Å². The van der Waals surface area contributed by atoms with Gasteiger partial charge in [0.2, 0.25) is 12.4 Å². The van der Waals surface area contributed by atoms with Crippen LogP contribution >= 0.6 is 11.6 Å². The largest absolute Gasteiger partial charge is 0.392 e. The maximum Gasteiger partial charge on any atom is 0.273 e. The lowest BCUT2D eigenvalue weighted by Crippen LogP contribution is -2.41. The van der Waals surface area contributed by atoms with Crippen LogP contribution in [0.25, 0.3) is 0 Å². The molecule has 9 heteroatoms. The van der Waals surface area contributed by atoms with Gasteiger partial charge in [-0.2, -0.15) is 9.78 Å². The minimum absolute atomic E-state index is 0.0371. The fraction of sp³-hybridized carbons (Fsp3) is 0.294. The molecule has 3 aromatic rings. The zero-order chi connectivity index (χ0) is 18.7. The average Bonchev–Trinajstić information content (AvgIpc) is 3.06. The van der Waals surface area contributed by atoms with Crippen LogP contribution in [-0.2, 0) is 19.7 Å². The summed E-state index contributed by atoms with van der Waals surface area (Å²) in [5.74, 6) is 0. The van der Waals surface area contributed by atoms with E-state index in [-0.39, 0.29) is 25.3 Å². The predicted octanol–water partition coefficient (Wildman–Crippen LogP) is 0.755. The predicted molar refractivity (Wildman–Crippen MR) is 91.4 cm³/mol. The van der Waals surface area contributed by atoms with E-state index in [9.17, 15) is 9.90 Å². The molecule has 0 aliphatic heterocycles. The normalized spacial score (nSPS) is 12.3. The lowest BCUT2D eigenvalue weighted by atomic mass is 10.1. The lowest BCUT2D eigenvalue weighted by Gasteiger charge is -2.06. The van der Waals surface area contributed by atoms with Gasteiger partial charge in [0.05, 0.1) is 25.3 Å². The molecular weight excluding hydrogens is 360 g/mol. The Balaban J connectivity index is 1.71. The Morgan fingerprint density at radius 3 is 2.77 bits per heavy atom. The quantitative estimate of drug-likeness (QED) is 0.614. The molecule has 2 aromatic heterocycles. The summed E-state index contributed by atoms with van der Waals surface area (Å²) in [5, 5.41) is 27.9. The van der Waals surface area contributed by atoms with Crippen LogP contribution in [0.5, 0.6) is 0 Å². The van der Waals surface area contributed by atoms with Crippen LogP contribution < -0.4 is 10.3 Å². The Hall–Kier alpha value is -2.55. The minimum atomic E-state index is -0.752. The number of hydrogen-bond acceptors (Lipinski definition) is 6. The van der Waals surface area contributed by atoms with E-state index in [1.54, 1.807) is 37.4 Å². The van der Waals surface area contributed by atoms with Crippen LogP contribution in [0.1, 0.15) is 28.5 Å². The molecule has 0 radical (unpaired) electrons. The SMILES string of the molecule is Cc1c(CO)cnn(C[n+]2cc(C[C@H](O)c3ccc(Cl)cc3)no2)c1=O. The number of aromatic nitrogens is 4. The summed E-state index contributed by atoms with van der Waals surface area (Å²) in [5.41, 5.74) is 1.85. The van der Waals surface area contributed by atoms with Gasteiger partial charge >= 0.3 is 0 Å². The first-order valence-corrected chi connectivity index (χ1v) is 8.31. The minimum Gasteiger partial charge on any atom is -0.392 e. The van der Waals surface area contributed by atoms with Crippen molar-refractivity contribution in [2.75, 3.05) is 0 Å². The van der Waals surface area contributed by atoms with E-state index in [4.69, 9.17) is 21.3 Å². The highest BCUT2D eigenvalue weighted by Gasteiger charge is 2.19. The van der Waals surface area contributed by atoms with Gasteiger partial charge in [0.1, 0.15) is 0 Å². The van der Waals surface area contributed by atoms with Gasteiger partial charge in [-0.05, 0) is 29.4 Å². The molecule has 0 spiro atoms. The number of aliphatic hydroxyl groups is 2. The summed E-state index contributed by atoms with van der Waals surface area (Å²) in [7, 11) is 0. The second-order valence-electron chi connectivity index (χ2n) is 5.88. The maximum atomic E-state index is 12.2. The summed E-state index contributed by atoms with van der Waals surface area (Å²) in [6.45, 7) is 1.43. The molecule has 2 heterocycles. The molecule has 0 fully saturated rings. The van der Waals surface area contributed by atoms with Crippen molar-refractivity contribution in [3.63, 3.8) is 0 Å². The van der Waals surface area contributed by atoms with Crippen molar-refractivity contribution < 1.29 is 19.6 Å². The number of halogens is 1. The summed E-state index contributed by atoms with van der Waals surface area (Å²) >= 11 is 5.84. The molecule has 1 atom stereocenters. The molecule has 0 saturated carbocycles. The van der Waals surface area contributed by atoms with E-state index in [1.807, 2.05) is 0 Å². The number of aliphatic hydroxyl groups excluding tert-OH is 2.